The Morgan fingerprint density at radius 2 is 2.26 bits per heavy atom. The molecule has 1 aromatic rings. The summed E-state index contributed by atoms with van der Waals surface area (Å²) in [5.74, 6) is -0.433. The molecule has 19 heavy (non-hydrogen) atoms. The zero-order valence-corrected chi connectivity index (χ0v) is 10.4. The third-order valence-corrected chi connectivity index (χ3v) is 2.57. The molecule has 0 aliphatic heterocycles. The first-order chi connectivity index (χ1) is 8.86. The van der Waals surface area contributed by atoms with Crippen LogP contribution in [-0.2, 0) is 17.5 Å². The van der Waals surface area contributed by atoms with E-state index in [1.54, 1.807) is 0 Å². The molecule has 0 aromatic carbocycles. The molecule has 1 aromatic heterocycles. The van der Waals surface area contributed by atoms with Crippen molar-refractivity contribution in [1.29, 1.82) is 0 Å². The summed E-state index contributed by atoms with van der Waals surface area (Å²) >= 11 is 0. The minimum absolute atomic E-state index is 0.0568. The van der Waals surface area contributed by atoms with Gasteiger partial charge in [0, 0.05) is 18.8 Å². The van der Waals surface area contributed by atoms with Crippen LogP contribution in [0.4, 0.5) is 13.2 Å². The molecule has 0 aliphatic rings. The van der Waals surface area contributed by atoms with Gasteiger partial charge in [-0.1, -0.05) is 6.92 Å². The molecular formula is C11H16F3N3O2. The number of carbonyl (C=O) groups is 1. The number of nitrogens with zero attached hydrogens (tertiary/aromatic N) is 2. The van der Waals surface area contributed by atoms with Gasteiger partial charge in [-0.25, -0.2) is 0 Å². The van der Waals surface area contributed by atoms with E-state index in [4.69, 9.17) is 5.11 Å². The summed E-state index contributed by atoms with van der Waals surface area (Å²) < 4.78 is 37.8. The van der Waals surface area contributed by atoms with Crippen LogP contribution in [0.5, 0.6) is 0 Å². The van der Waals surface area contributed by atoms with Gasteiger partial charge in [-0.15, -0.1) is 0 Å². The minimum atomic E-state index is -4.51. The van der Waals surface area contributed by atoms with Crippen LogP contribution in [0.1, 0.15) is 25.5 Å². The van der Waals surface area contributed by atoms with Gasteiger partial charge in [0.1, 0.15) is 6.54 Å². The lowest BCUT2D eigenvalue weighted by molar-refractivity contribution is -0.141. The predicted molar refractivity (Wildman–Crippen MR) is 61.2 cm³/mol. The molecule has 0 saturated carbocycles. The van der Waals surface area contributed by atoms with E-state index in [-0.39, 0.29) is 19.2 Å². The van der Waals surface area contributed by atoms with Crippen molar-refractivity contribution in [3.63, 3.8) is 0 Å². The molecule has 5 nitrogen and oxygen atoms in total. The summed E-state index contributed by atoms with van der Waals surface area (Å²) in [6, 6.07) is 0.633. The SMILES string of the molecule is CCC(CCO)NC(=O)Cn1ccc(C(F)(F)F)n1. The average molecular weight is 279 g/mol. The van der Waals surface area contributed by atoms with E-state index < -0.39 is 17.8 Å². The summed E-state index contributed by atoms with van der Waals surface area (Å²) in [4.78, 5) is 11.6. The zero-order chi connectivity index (χ0) is 14.5. The normalized spacial score (nSPS) is 13.3. The molecule has 0 radical (unpaired) electrons. The molecule has 0 spiro atoms. The van der Waals surface area contributed by atoms with E-state index in [1.165, 1.54) is 0 Å². The maximum absolute atomic E-state index is 12.3. The summed E-state index contributed by atoms with van der Waals surface area (Å²) in [6.07, 6.45) is -2.35. The lowest BCUT2D eigenvalue weighted by Gasteiger charge is -2.15. The quantitative estimate of drug-likeness (QED) is 0.821. The first kappa shape index (κ1) is 15.5. The summed E-state index contributed by atoms with van der Waals surface area (Å²) in [5.41, 5.74) is -1.03. The third kappa shape index (κ3) is 4.90. The fourth-order valence-electron chi connectivity index (χ4n) is 1.56. The fraction of sp³-hybridized carbons (Fsp3) is 0.636. The number of amides is 1. The molecule has 0 aliphatic carbocycles. The number of aromatic nitrogens is 2. The molecule has 0 fully saturated rings. The first-order valence-corrected chi connectivity index (χ1v) is 5.87. The number of rotatable bonds is 6. The van der Waals surface area contributed by atoms with Gasteiger partial charge < -0.3 is 10.4 Å². The minimum Gasteiger partial charge on any atom is -0.396 e. The summed E-state index contributed by atoms with van der Waals surface area (Å²) in [5, 5.41) is 14.7. The zero-order valence-electron chi connectivity index (χ0n) is 10.4. The van der Waals surface area contributed by atoms with Crippen molar-refractivity contribution in [3.05, 3.63) is 18.0 Å². The number of carbonyl (C=O) groups excluding carboxylic acids is 1. The second-order valence-electron chi connectivity index (χ2n) is 4.08. The molecular weight excluding hydrogens is 263 g/mol. The van der Waals surface area contributed by atoms with E-state index in [9.17, 15) is 18.0 Å². The predicted octanol–water partition coefficient (Wildman–Crippen LogP) is 1.18. The second kappa shape index (κ2) is 6.55. The molecule has 1 amide bonds. The van der Waals surface area contributed by atoms with Crippen LogP contribution in [0, 0.1) is 0 Å². The Morgan fingerprint density at radius 3 is 2.74 bits per heavy atom. The van der Waals surface area contributed by atoms with Crippen molar-refractivity contribution >= 4 is 5.91 Å². The van der Waals surface area contributed by atoms with Gasteiger partial charge in [0.15, 0.2) is 5.69 Å². The fourth-order valence-corrected chi connectivity index (χ4v) is 1.56. The van der Waals surface area contributed by atoms with Gasteiger partial charge in [-0.2, -0.15) is 18.3 Å². The Morgan fingerprint density at radius 1 is 1.58 bits per heavy atom. The standard InChI is InChI=1S/C11H16F3N3O2/c1-2-8(4-6-18)15-10(19)7-17-5-3-9(16-17)11(12,13)14/h3,5,8,18H,2,4,6-7H2,1H3,(H,15,19). The molecule has 8 heteroatoms. The number of aliphatic hydroxyl groups is 1. The monoisotopic (exact) mass is 279 g/mol. The second-order valence-corrected chi connectivity index (χ2v) is 4.08. The van der Waals surface area contributed by atoms with Gasteiger partial charge in [-0.05, 0) is 18.9 Å². The van der Waals surface area contributed by atoms with E-state index in [0.717, 1.165) is 16.9 Å². The van der Waals surface area contributed by atoms with E-state index >= 15 is 0 Å². The molecule has 0 bridgehead atoms. The highest BCUT2D eigenvalue weighted by Crippen LogP contribution is 2.27. The lowest BCUT2D eigenvalue weighted by atomic mass is 10.1. The maximum Gasteiger partial charge on any atom is 0.435 e. The van der Waals surface area contributed by atoms with Crippen molar-refractivity contribution < 1.29 is 23.1 Å². The van der Waals surface area contributed by atoms with Crippen LogP contribution < -0.4 is 5.32 Å². The number of nitrogens with one attached hydrogen (secondary N) is 1. The van der Waals surface area contributed by atoms with Crippen LogP contribution in [0.25, 0.3) is 0 Å². The summed E-state index contributed by atoms with van der Waals surface area (Å²) in [6.45, 7) is 1.51. The molecule has 2 N–H and O–H groups in total. The van der Waals surface area contributed by atoms with Gasteiger partial charge in [0.25, 0.3) is 0 Å². The molecule has 0 saturated heterocycles. The molecule has 1 unspecified atom stereocenters. The van der Waals surface area contributed by atoms with Crippen LogP contribution in [0.2, 0.25) is 0 Å². The molecule has 1 rings (SSSR count). The first-order valence-electron chi connectivity index (χ1n) is 5.87. The van der Waals surface area contributed by atoms with Crippen molar-refractivity contribution in [2.45, 2.75) is 38.5 Å². The number of hydrogen-bond acceptors (Lipinski definition) is 3. The van der Waals surface area contributed by atoms with Crippen LogP contribution >= 0.6 is 0 Å². The molecule has 1 heterocycles. The van der Waals surface area contributed by atoms with Crippen molar-refractivity contribution in [1.82, 2.24) is 15.1 Å². The number of alkyl halides is 3. The van der Waals surface area contributed by atoms with E-state index in [0.29, 0.717) is 12.8 Å². The van der Waals surface area contributed by atoms with Crippen LogP contribution in [0.3, 0.4) is 0 Å². The highest BCUT2D eigenvalue weighted by molar-refractivity contribution is 5.75. The maximum atomic E-state index is 12.3. The third-order valence-electron chi connectivity index (χ3n) is 2.57. The highest BCUT2D eigenvalue weighted by atomic mass is 19.4. The number of hydrogen-bond donors (Lipinski definition) is 2. The Labute approximate surface area is 108 Å². The smallest absolute Gasteiger partial charge is 0.396 e. The van der Waals surface area contributed by atoms with E-state index in [1.807, 2.05) is 6.92 Å². The Hall–Kier alpha value is -1.57. The number of halogens is 3. The van der Waals surface area contributed by atoms with E-state index in [2.05, 4.69) is 10.4 Å². The van der Waals surface area contributed by atoms with Crippen molar-refractivity contribution in [2.75, 3.05) is 6.61 Å². The van der Waals surface area contributed by atoms with Crippen LogP contribution in [-0.4, -0.2) is 33.4 Å². The average Bonchev–Trinajstić information content (AvgIpc) is 2.76. The van der Waals surface area contributed by atoms with Gasteiger partial charge in [0.2, 0.25) is 5.91 Å². The number of aliphatic hydroxyl groups excluding tert-OH is 1. The summed E-state index contributed by atoms with van der Waals surface area (Å²) in [7, 11) is 0. The van der Waals surface area contributed by atoms with Gasteiger partial charge in [0.05, 0.1) is 0 Å². The Kier molecular flexibility index (Phi) is 5.34. The molecule has 108 valence electrons. The highest BCUT2D eigenvalue weighted by Gasteiger charge is 2.33. The topological polar surface area (TPSA) is 67.2 Å². The lowest BCUT2D eigenvalue weighted by Crippen LogP contribution is -2.37. The van der Waals surface area contributed by atoms with Crippen molar-refractivity contribution in [2.24, 2.45) is 0 Å². The Bertz CT molecular complexity index is 418. The van der Waals surface area contributed by atoms with Gasteiger partial charge >= 0.3 is 6.18 Å². The van der Waals surface area contributed by atoms with Gasteiger partial charge in [-0.3, -0.25) is 9.48 Å². The Balaban J connectivity index is 2.55. The van der Waals surface area contributed by atoms with Crippen molar-refractivity contribution in [3.8, 4) is 0 Å². The van der Waals surface area contributed by atoms with Crippen LogP contribution in [0.15, 0.2) is 12.3 Å². The molecule has 1 atom stereocenters. The largest absolute Gasteiger partial charge is 0.435 e.